The smallest absolute Gasteiger partial charge is 0.325 e. The number of carbonyl (C=O) groups excluding carboxylic acids is 2. The molecule has 0 unspecified atom stereocenters. The third-order valence-corrected chi connectivity index (χ3v) is 3.14. The second-order valence-corrected chi connectivity index (χ2v) is 4.55. The zero-order chi connectivity index (χ0) is 15.4. The fourth-order valence-corrected chi connectivity index (χ4v) is 2.10. The maximum Gasteiger partial charge on any atom is 0.325 e. The number of esters is 1. The summed E-state index contributed by atoms with van der Waals surface area (Å²) in [4.78, 5) is 23.3. The first-order valence-electron chi connectivity index (χ1n) is 6.51. The summed E-state index contributed by atoms with van der Waals surface area (Å²) in [7, 11) is 1.28. The van der Waals surface area contributed by atoms with Crippen molar-refractivity contribution >= 4 is 11.9 Å². The van der Waals surface area contributed by atoms with Gasteiger partial charge >= 0.3 is 5.97 Å². The number of amides is 1. The molecule has 0 bridgehead atoms. The fourth-order valence-electron chi connectivity index (χ4n) is 2.10. The van der Waals surface area contributed by atoms with Gasteiger partial charge in [0.15, 0.2) is 0 Å². The van der Waals surface area contributed by atoms with Gasteiger partial charge in [-0.1, -0.05) is 18.2 Å². The standard InChI is InChI=1S/C15H17N3O3/c1-10-14(15(20)16-9-13(19)21-3)11(2)18(17-10)12-7-5-4-6-8-12/h4-8H,9H2,1-3H3,(H,16,20). The Morgan fingerprint density at radius 3 is 2.52 bits per heavy atom. The molecule has 1 aromatic carbocycles. The average molecular weight is 287 g/mol. The topological polar surface area (TPSA) is 73.2 Å². The Morgan fingerprint density at radius 2 is 1.90 bits per heavy atom. The van der Waals surface area contributed by atoms with Gasteiger partial charge in [-0.2, -0.15) is 5.10 Å². The van der Waals surface area contributed by atoms with Crippen LogP contribution in [0.25, 0.3) is 5.69 Å². The molecule has 6 heteroatoms. The number of hydrogen-bond acceptors (Lipinski definition) is 4. The minimum absolute atomic E-state index is 0.162. The highest BCUT2D eigenvalue weighted by molar-refractivity contribution is 5.98. The number of rotatable bonds is 4. The van der Waals surface area contributed by atoms with E-state index in [0.717, 1.165) is 11.4 Å². The van der Waals surface area contributed by atoms with E-state index in [0.29, 0.717) is 11.3 Å². The van der Waals surface area contributed by atoms with E-state index in [-0.39, 0.29) is 12.5 Å². The predicted octanol–water partition coefficient (Wildman–Crippen LogP) is 1.39. The fraction of sp³-hybridized carbons (Fsp3) is 0.267. The molecule has 0 fully saturated rings. The minimum Gasteiger partial charge on any atom is -0.468 e. The van der Waals surface area contributed by atoms with Gasteiger partial charge in [-0.3, -0.25) is 9.59 Å². The quantitative estimate of drug-likeness (QED) is 0.862. The van der Waals surface area contributed by atoms with E-state index in [9.17, 15) is 9.59 Å². The van der Waals surface area contributed by atoms with E-state index in [4.69, 9.17) is 0 Å². The molecule has 0 aliphatic rings. The first-order chi connectivity index (χ1) is 10.0. The van der Waals surface area contributed by atoms with Crippen molar-refractivity contribution in [3.8, 4) is 5.69 Å². The molecule has 21 heavy (non-hydrogen) atoms. The van der Waals surface area contributed by atoms with Crippen molar-refractivity contribution in [1.82, 2.24) is 15.1 Å². The lowest BCUT2D eigenvalue weighted by Gasteiger charge is -2.06. The molecule has 110 valence electrons. The second-order valence-electron chi connectivity index (χ2n) is 4.55. The molecule has 0 aliphatic carbocycles. The molecule has 0 spiro atoms. The van der Waals surface area contributed by atoms with Crippen LogP contribution in [0.4, 0.5) is 0 Å². The number of benzene rings is 1. The highest BCUT2D eigenvalue weighted by Crippen LogP contribution is 2.17. The Balaban J connectivity index is 2.27. The Hall–Kier alpha value is -2.63. The lowest BCUT2D eigenvalue weighted by Crippen LogP contribution is -2.30. The van der Waals surface area contributed by atoms with Crippen LogP contribution >= 0.6 is 0 Å². The van der Waals surface area contributed by atoms with Crippen LogP contribution < -0.4 is 5.32 Å². The van der Waals surface area contributed by atoms with Crippen molar-refractivity contribution in [2.45, 2.75) is 13.8 Å². The highest BCUT2D eigenvalue weighted by atomic mass is 16.5. The van der Waals surface area contributed by atoms with E-state index in [1.54, 1.807) is 11.6 Å². The van der Waals surface area contributed by atoms with Gasteiger partial charge in [-0.25, -0.2) is 4.68 Å². The maximum absolute atomic E-state index is 12.2. The molecule has 6 nitrogen and oxygen atoms in total. The summed E-state index contributed by atoms with van der Waals surface area (Å²) >= 11 is 0. The zero-order valence-electron chi connectivity index (χ0n) is 12.2. The number of hydrogen-bond donors (Lipinski definition) is 1. The molecule has 1 amide bonds. The van der Waals surface area contributed by atoms with Crippen molar-refractivity contribution in [2.75, 3.05) is 13.7 Å². The summed E-state index contributed by atoms with van der Waals surface area (Å²) in [6.07, 6.45) is 0. The lowest BCUT2D eigenvalue weighted by atomic mass is 10.2. The molecule has 1 N–H and O–H groups in total. The number of nitrogens with one attached hydrogen (secondary N) is 1. The highest BCUT2D eigenvalue weighted by Gasteiger charge is 2.19. The summed E-state index contributed by atoms with van der Waals surface area (Å²) < 4.78 is 6.21. The van der Waals surface area contributed by atoms with E-state index in [1.165, 1.54) is 7.11 Å². The first kappa shape index (κ1) is 14.8. The van der Waals surface area contributed by atoms with E-state index in [2.05, 4.69) is 15.2 Å². The van der Waals surface area contributed by atoms with Crippen LogP contribution in [0.5, 0.6) is 0 Å². The minimum atomic E-state index is -0.492. The van der Waals surface area contributed by atoms with Gasteiger partial charge in [-0.15, -0.1) is 0 Å². The van der Waals surface area contributed by atoms with Crippen molar-refractivity contribution in [3.05, 3.63) is 47.3 Å². The maximum atomic E-state index is 12.2. The summed E-state index contributed by atoms with van der Waals surface area (Å²) in [6.45, 7) is 3.42. The number of para-hydroxylation sites is 1. The molecule has 0 saturated carbocycles. The molecule has 1 heterocycles. The SMILES string of the molecule is COC(=O)CNC(=O)c1c(C)nn(-c2ccccc2)c1C. The number of methoxy groups -OCH3 is 1. The van der Waals surface area contributed by atoms with Crippen molar-refractivity contribution in [2.24, 2.45) is 0 Å². The molecular formula is C15H17N3O3. The molecule has 2 aromatic rings. The van der Waals surface area contributed by atoms with Crippen molar-refractivity contribution in [1.29, 1.82) is 0 Å². The second kappa shape index (κ2) is 6.21. The van der Waals surface area contributed by atoms with Crippen LogP contribution in [0.3, 0.4) is 0 Å². The lowest BCUT2D eigenvalue weighted by molar-refractivity contribution is -0.139. The van der Waals surface area contributed by atoms with Gasteiger partial charge in [0.1, 0.15) is 6.54 Å². The van der Waals surface area contributed by atoms with E-state index >= 15 is 0 Å². The van der Waals surface area contributed by atoms with E-state index in [1.807, 2.05) is 37.3 Å². The molecule has 0 aliphatic heterocycles. The van der Waals surface area contributed by atoms with Crippen molar-refractivity contribution < 1.29 is 14.3 Å². The van der Waals surface area contributed by atoms with Crippen molar-refractivity contribution in [3.63, 3.8) is 0 Å². The number of aryl methyl sites for hydroxylation is 1. The zero-order valence-corrected chi connectivity index (χ0v) is 12.2. The van der Waals surface area contributed by atoms with Gasteiger partial charge in [0.25, 0.3) is 5.91 Å². The van der Waals surface area contributed by atoms with Gasteiger partial charge in [0.05, 0.1) is 29.7 Å². The summed E-state index contributed by atoms with van der Waals surface area (Å²) in [6, 6.07) is 9.55. The number of aromatic nitrogens is 2. The number of ether oxygens (including phenoxy) is 1. The van der Waals surface area contributed by atoms with Crippen LogP contribution in [-0.2, 0) is 9.53 Å². The summed E-state index contributed by atoms with van der Waals surface area (Å²) in [5.41, 5.74) is 2.69. The molecule has 0 radical (unpaired) electrons. The first-order valence-corrected chi connectivity index (χ1v) is 6.51. The number of carbonyl (C=O) groups is 2. The number of nitrogens with zero attached hydrogens (tertiary/aromatic N) is 2. The Labute approximate surface area is 122 Å². The molecule has 0 atom stereocenters. The normalized spacial score (nSPS) is 10.2. The Bertz CT molecular complexity index is 662. The molecule has 1 aromatic heterocycles. The predicted molar refractivity (Wildman–Crippen MR) is 77.4 cm³/mol. The third kappa shape index (κ3) is 3.10. The summed E-state index contributed by atoms with van der Waals surface area (Å²) in [5.74, 6) is -0.827. The van der Waals surface area contributed by atoms with Gasteiger partial charge < -0.3 is 10.1 Å². The van der Waals surface area contributed by atoms with Crippen LogP contribution in [0, 0.1) is 13.8 Å². The summed E-state index contributed by atoms with van der Waals surface area (Å²) in [5, 5.41) is 6.92. The van der Waals surface area contributed by atoms with Crippen LogP contribution in [0.2, 0.25) is 0 Å². The van der Waals surface area contributed by atoms with Crippen LogP contribution in [0.1, 0.15) is 21.7 Å². The Morgan fingerprint density at radius 1 is 1.24 bits per heavy atom. The third-order valence-electron chi connectivity index (χ3n) is 3.14. The van der Waals surface area contributed by atoms with Gasteiger partial charge in [0, 0.05) is 0 Å². The monoisotopic (exact) mass is 287 g/mol. The van der Waals surface area contributed by atoms with Gasteiger partial charge in [-0.05, 0) is 26.0 Å². The van der Waals surface area contributed by atoms with E-state index < -0.39 is 5.97 Å². The van der Waals surface area contributed by atoms with Gasteiger partial charge in [0.2, 0.25) is 0 Å². The van der Waals surface area contributed by atoms with Crippen LogP contribution in [-0.4, -0.2) is 35.3 Å². The molecule has 0 saturated heterocycles. The molecular weight excluding hydrogens is 270 g/mol. The Kier molecular flexibility index (Phi) is 4.37. The van der Waals surface area contributed by atoms with Crippen LogP contribution in [0.15, 0.2) is 30.3 Å². The largest absolute Gasteiger partial charge is 0.468 e. The molecule has 2 rings (SSSR count). The average Bonchev–Trinajstić information content (AvgIpc) is 2.80.